The van der Waals surface area contributed by atoms with Crippen molar-refractivity contribution in [3.63, 3.8) is 0 Å². The highest BCUT2D eigenvalue weighted by atomic mass is 19.4. The smallest absolute Gasteiger partial charge is 0.406 e. The molecule has 0 atom stereocenters. The number of nitrogens with zero attached hydrogens (tertiary/aromatic N) is 1. The van der Waals surface area contributed by atoms with E-state index in [0.29, 0.717) is 11.4 Å². The Morgan fingerprint density at radius 2 is 1.95 bits per heavy atom. The molecule has 0 spiro atoms. The van der Waals surface area contributed by atoms with Crippen LogP contribution in [0.15, 0.2) is 24.3 Å². The zero-order valence-corrected chi connectivity index (χ0v) is 10.8. The molecule has 0 aliphatic rings. The van der Waals surface area contributed by atoms with Crippen molar-refractivity contribution in [3.05, 3.63) is 35.5 Å². The quantitative estimate of drug-likeness (QED) is 0.811. The molecule has 1 heterocycles. The molecule has 2 rings (SSSR count). The van der Waals surface area contributed by atoms with Crippen LogP contribution in [0.4, 0.5) is 24.7 Å². The lowest BCUT2D eigenvalue weighted by molar-refractivity contribution is -0.274. The summed E-state index contributed by atoms with van der Waals surface area (Å²) in [6, 6.07) is 4.49. The van der Waals surface area contributed by atoms with Gasteiger partial charge in [-0.15, -0.1) is 13.2 Å². The molecule has 0 saturated heterocycles. The highest BCUT2D eigenvalue weighted by Crippen LogP contribution is 2.23. The van der Waals surface area contributed by atoms with Crippen molar-refractivity contribution in [1.82, 2.24) is 10.2 Å². The molecular formula is C12H11F3N4O2. The predicted molar refractivity (Wildman–Crippen MR) is 68.8 cm³/mol. The molecule has 0 aliphatic carbocycles. The second kappa shape index (κ2) is 5.35. The van der Waals surface area contributed by atoms with Gasteiger partial charge in [-0.2, -0.15) is 5.10 Å². The second-order valence-electron chi connectivity index (χ2n) is 4.14. The first kappa shape index (κ1) is 14.7. The number of hydrogen-bond donors (Lipinski definition) is 3. The second-order valence-corrected chi connectivity index (χ2v) is 4.14. The molecular weight excluding hydrogens is 289 g/mol. The molecule has 1 aromatic carbocycles. The molecule has 112 valence electrons. The molecule has 0 unspecified atom stereocenters. The fraction of sp³-hybridized carbons (Fsp3) is 0.167. The standard InChI is InChI=1S/C12H11F3N4O2/c1-6-9(16)10(19-18-6)17-11(20)7-2-4-8(5-3-7)21-12(13,14)15/h2-5H,16H2,1H3,(H2,17,18,19,20). The van der Waals surface area contributed by atoms with Gasteiger partial charge in [-0.05, 0) is 31.2 Å². The third-order valence-corrected chi connectivity index (χ3v) is 2.58. The summed E-state index contributed by atoms with van der Waals surface area (Å²) in [5, 5.41) is 8.83. The van der Waals surface area contributed by atoms with Crippen LogP contribution < -0.4 is 15.8 Å². The van der Waals surface area contributed by atoms with Crippen molar-refractivity contribution < 1.29 is 22.7 Å². The van der Waals surface area contributed by atoms with E-state index in [9.17, 15) is 18.0 Å². The van der Waals surface area contributed by atoms with E-state index in [2.05, 4.69) is 20.3 Å². The van der Waals surface area contributed by atoms with Crippen LogP contribution >= 0.6 is 0 Å². The average Bonchev–Trinajstić information content (AvgIpc) is 2.69. The molecule has 6 nitrogen and oxygen atoms in total. The molecule has 0 saturated carbocycles. The minimum atomic E-state index is -4.77. The number of carbonyl (C=O) groups excluding carboxylic acids is 1. The zero-order valence-electron chi connectivity index (χ0n) is 10.8. The number of aromatic nitrogens is 2. The monoisotopic (exact) mass is 300 g/mol. The summed E-state index contributed by atoms with van der Waals surface area (Å²) in [4.78, 5) is 11.9. The number of benzene rings is 1. The van der Waals surface area contributed by atoms with Crippen molar-refractivity contribution in [2.24, 2.45) is 0 Å². The number of alkyl halides is 3. The molecule has 0 bridgehead atoms. The van der Waals surface area contributed by atoms with Gasteiger partial charge in [0.25, 0.3) is 5.91 Å². The lowest BCUT2D eigenvalue weighted by Gasteiger charge is -2.09. The van der Waals surface area contributed by atoms with Crippen LogP contribution in [-0.2, 0) is 0 Å². The Morgan fingerprint density at radius 3 is 2.43 bits per heavy atom. The summed E-state index contributed by atoms with van der Waals surface area (Å²) >= 11 is 0. The molecule has 4 N–H and O–H groups in total. The molecule has 21 heavy (non-hydrogen) atoms. The van der Waals surface area contributed by atoms with Crippen molar-refractivity contribution >= 4 is 17.4 Å². The van der Waals surface area contributed by atoms with Gasteiger partial charge in [0.2, 0.25) is 0 Å². The normalized spacial score (nSPS) is 11.2. The van der Waals surface area contributed by atoms with Gasteiger partial charge in [-0.1, -0.05) is 0 Å². The van der Waals surface area contributed by atoms with E-state index in [0.717, 1.165) is 12.1 Å². The number of hydrogen-bond acceptors (Lipinski definition) is 4. The maximum atomic E-state index is 12.0. The minimum Gasteiger partial charge on any atom is -0.406 e. The van der Waals surface area contributed by atoms with E-state index in [1.165, 1.54) is 12.1 Å². The Kier molecular flexibility index (Phi) is 3.74. The van der Waals surface area contributed by atoms with Gasteiger partial charge in [0.15, 0.2) is 5.82 Å². The van der Waals surface area contributed by atoms with E-state index < -0.39 is 18.0 Å². The van der Waals surface area contributed by atoms with Crippen molar-refractivity contribution in [1.29, 1.82) is 0 Å². The first-order valence-electron chi connectivity index (χ1n) is 5.74. The number of anilines is 2. The van der Waals surface area contributed by atoms with Crippen LogP contribution in [0.1, 0.15) is 16.1 Å². The minimum absolute atomic E-state index is 0.143. The highest BCUT2D eigenvalue weighted by molar-refractivity contribution is 6.05. The Labute approximate surface area is 117 Å². The predicted octanol–water partition coefficient (Wildman–Crippen LogP) is 2.45. The van der Waals surface area contributed by atoms with E-state index in [1.807, 2.05) is 0 Å². The highest BCUT2D eigenvalue weighted by Gasteiger charge is 2.31. The topological polar surface area (TPSA) is 93.0 Å². The number of nitrogens with one attached hydrogen (secondary N) is 2. The van der Waals surface area contributed by atoms with E-state index in [1.54, 1.807) is 6.92 Å². The fourth-order valence-electron chi connectivity index (χ4n) is 1.52. The number of halogens is 3. The van der Waals surface area contributed by atoms with Crippen LogP contribution in [0, 0.1) is 6.92 Å². The van der Waals surface area contributed by atoms with Gasteiger partial charge in [-0.3, -0.25) is 9.89 Å². The third kappa shape index (κ3) is 3.65. The summed E-state index contributed by atoms with van der Waals surface area (Å²) in [5.41, 5.74) is 6.70. The van der Waals surface area contributed by atoms with Crippen LogP contribution in [0.5, 0.6) is 5.75 Å². The maximum absolute atomic E-state index is 12.0. The van der Waals surface area contributed by atoms with Gasteiger partial charge in [-0.25, -0.2) is 0 Å². The number of nitrogen functional groups attached to an aromatic ring is 1. The van der Waals surface area contributed by atoms with E-state index >= 15 is 0 Å². The van der Waals surface area contributed by atoms with Crippen molar-refractivity contribution in [3.8, 4) is 5.75 Å². The Bertz CT molecular complexity index is 650. The molecule has 9 heteroatoms. The molecule has 0 radical (unpaired) electrons. The SMILES string of the molecule is Cc1[nH]nc(NC(=O)c2ccc(OC(F)(F)F)cc2)c1N. The number of ether oxygens (including phenoxy) is 1. The molecule has 0 aliphatic heterocycles. The molecule has 1 aromatic heterocycles. The van der Waals surface area contributed by atoms with Gasteiger partial charge < -0.3 is 15.8 Å². The number of amides is 1. The first-order chi connectivity index (χ1) is 9.76. The van der Waals surface area contributed by atoms with E-state index in [-0.39, 0.29) is 11.4 Å². The summed E-state index contributed by atoms with van der Waals surface area (Å²) in [6.45, 7) is 1.68. The van der Waals surface area contributed by atoms with Crippen LogP contribution in [0.2, 0.25) is 0 Å². The van der Waals surface area contributed by atoms with Crippen molar-refractivity contribution in [2.75, 3.05) is 11.1 Å². The third-order valence-electron chi connectivity index (χ3n) is 2.58. The lowest BCUT2D eigenvalue weighted by atomic mass is 10.2. The number of aromatic amines is 1. The first-order valence-corrected chi connectivity index (χ1v) is 5.74. The summed E-state index contributed by atoms with van der Waals surface area (Å²) < 4.78 is 39.7. The average molecular weight is 300 g/mol. The number of aryl methyl sites for hydroxylation is 1. The molecule has 1 amide bonds. The number of nitrogens with two attached hydrogens (primary N) is 1. The van der Waals surface area contributed by atoms with Crippen LogP contribution in [0.3, 0.4) is 0 Å². The number of H-pyrrole nitrogens is 1. The lowest BCUT2D eigenvalue weighted by Crippen LogP contribution is -2.17. The molecule has 0 fully saturated rings. The van der Waals surface area contributed by atoms with Crippen molar-refractivity contribution in [2.45, 2.75) is 13.3 Å². The summed E-state index contributed by atoms with van der Waals surface area (Å²) in [6.07, 6.45) is -4.77. The van der Waals surface area contributed by atoms with Crippen LogP contribution in [-0.4, -0.2) is 22.5 Å². The van der Waals surface area contributed by atoms with Gasteiger partial charge in [0, 0.05) is 5.56 Å². The maximum Gasteiger partial charge on any atom is 0.573 e. The fourth-order valence-corrected chi connectivity index (χ4v) is 1.52. The van der Waals surface area contributed by atoms with Crippen LogP contribution in [0.25, 0.3) is 0 Å². The number of rotatable bonds is 3. The Balaban J connectivity index is 2.08. The summed E-state index contributed by atoms with van der Waals surface area (Å²) in [7, 11) is 0. The number of carbonyl (C=O) groups is 1. The Morgan fingerprint density at radius 1 is 1.33 bits per heavy atom. The van der Waals surface area contributed by atoms with Gasteiger partial charge >= 0.3 is 6.36 Å². The van der Waals surface area contributed by atoms with Gasteiger partial charge in [0.05, 0.1) is 11.4 Å². The zero-order chi connectivity index (χ0) is 15.6. The van der Waals surface area contributed by atoms with Gasteiger partial charge in [0.1, 0.15) is 5.75 Å². The Hall–Kier alpha value is -2.71. The molecule has 2 aromatic rings. The largest absolute Gasteiger partial charge is 0.573 e. The summed E-state index contributed by atoms with van der Waals surface area (Å²) in [5.74, 6) is -0.797. The van der Waals surface area contributed by atoms with E-state index in [4.69, 9.17) is 5.73 Å².